The van der Waals surface area contributed by atoms with Gasteiger partial charge in [0.1, 0.15) is 11.5 Å². The van der Waals surface area contributed by atoms with Crippen LogP contribution in [0.25, 0.3) is 0 Å². The van der Waals surface area contributed by atoms with Crippen LogP contribution in [0.2, 0.25) is 0 Å². The first-order valence-electron chi connectivity index (χ1n) is 14.1. The van der Waals surface area contributed by atoms with Gasteiger partial charge in [-0.3, -0.25) is 0 Å². The molecule has 0 aromatic heterocycles. The number of hydrogen-bond acceptors (Lipinski definition) is 4. The summed E-state index contributed by atoms with van der Waals surface area (Å²) in [6, 6.07) is 38.0. The van der Waals surface area contributed by atoms with Crippen LogP contribution in [0, 0.1) is 0 Å². The van der Waals surface area contributed by atoms with Crippen LogP contribution in [0.15, 0.2) is 109 Å². The van der Waals surface area contributed by atoms with Gasteiger partial charge in [0.05, 0.1) is 13.2 Å². The summed E-state index contributed by atoms with van der Waals surface area (Å²) in [5.41, 5.74) is 5.03. The number of nitrogens with one attached hydrogen (secondary N) is 2. The van der Waals surface area contributed by atoms with E-state index in [0.29, 0.717) is 13.2 Å². The van der Waals surface area contributed by atoms with E-state index in [1.807, 2.05) is 12.1 Å². The molecule has 4 aromatic rings. The van der Waals surface area contributed by atoms with E-state index in [2.05, 4.69) is 122 Å². The third-order valence-electron chi connectivity index (χ3n) is 7.03. The van der Waals surface area contributed by atoms with Crippen LogP contribution >= 0.6 is 0 Å². The van der Waals surface area contributed by atoms with Crippen molar-refractivity contribution in [3.05, 3.63) is 131 Å². The molecule has 0 aliphatic rings. The zero-order chi connectivity index (χ0) is 27.2. The summed E-state index contributed by atoms with van der Waals surface area (Å²) in [5, 5.41) is 6.94. The van der Waals surface area contributed by atoms with E-state index in [-0.39, 0.29) is 5.41 Å². The SMILES string of the molecule is CC(C)(c1ccc(OCCCNCc2ccccc2)cc1)c1ccc(OCCCNCc2ccccc2)cc1. The van der Waals surface area contributed by atoms with Gasteiger partial charge in [0.2, 0.25) is 0 Å². The van der Waals surface area contributed by atoms with E-state index >= 15 is 0 Å². The number of benzene rings is 4. The van der Waals surface area contributed by atoms with Crippen LogP contribution in [0.1, 0.15) is 48.9 Å². The Kier molecular flexibility index (Phi) is 11.0. The molecule has 0 radical (unpaired) electrons. The highest BCUT2D eigenvalue weighted by molar-refractivity contribution is 5.41. The Hall–Kier alpha value is -3.60. The summed E-state index contributed by atoms with van der Waals surface area (Å²) >= 11 is 0. The van der Waals surface area contributed by atoms with Gasteiger partial charge in [-0.25, -0.2) is 0 Å². The molecular formula is C35H42N2O2. The fraction of sp³-hybridized carbons (Fsp3) is 0.314. The molecule has 0 atom stereocenters. The van der Waals surface area contributed by atoms with E-state index in [1.54, 1.807) is 0 Å². The van der Waals surface area contributed by atoms with Gasteiger partial charge in [0, 0.05) is 18.5 Å². The fourth-order valence-corrected chi connectivity index (χ4v) is 4.53. The molecule has 0 bridgehead atoms. The van der Waals surface area contributed by atoms with E-state index in [4.69, 9.17) is 9.47 Å². The van der Waals surface area contributed by atoms with Crippen molar-refractivity contribution in [2.45, 2.75) is 45.2 Å². The minimum Gasteiger partial charge on any atom is -0.494 e. The van der Waals surface area contributed by atoms with Crippen molar-refractivity contribution in [2.75, 3.05) is 26.3 Å². The molecule has 0 fully saturated rings. The smallest absolute Gasteiger partial charge is 0.119 e. The standard InChI is InChI=1S/C35H42N2O2/c1-35(2,31-15-19-33(20-16-31)38-25-9-23-36-27-29-11-5-3-6-12-29)32-17-21-34(22-18-32)39-26-10-24-37-28-30-13-7-4-8-14-30/h3-8,11-22,36-37H,9-10,23-28H2,1-2H3. The molecule has 39 heavy (non-hydrogen) atoms. The fourth-order valence-electron chi connectivity index (χ4n) is 4.53. The van der Waals surface area contributed by atoms with Gasteiger partial charge < -0.3 is 20.1 Å². The highest BCUT2D eigenvalue weighted by Gasteiger charge is 2.23. The Bertz CT molecular complexity index is 1110. The van der Waals surface area contributed by atoms with Crippen LogP contribution in [0.3, 0.4) is 0 Å². The number of rotatable bonds is 16. The molecule has 4 nitrogen and oxygen atoms in total. The largest absolute Gasteiger partial charge is 0.494 e. The summed E-state index contributed by atoms with van der Waals surface area (Å²) in [5.74, 6) is 1.83. The quantitative estimate of drug-likeness (QED) is 0.154. The second-order valence-electron chi connectivity index (χ2n) is 10.4. The van der Waals surface area contributed by atoms with Gasteiger partial charge in [-0.2, -0.15) is 0 Å². The predicted molar refractivity (Wildman–Crippen MR) is 162 cm³/mol. The van der Waals surface area contributed by atoms with E-state index < -0.39 is 0 Å². The summed E-state index contributed by atoms with van der Waals surface area (Å²) in [4.78, 5) is 0. The van der Waals surface area contributed by atoms with Crippen molar-refractivity contribution in [1.29, 1.82) is 0 Å². The summed E-state index contributed by atoms with van der Waals surface area (Å²) < 4.78 is 11.9. The van der Waals surface area contributed by atoms with Crippen molar-refractivity contribution in [1.82, 2.24) is 10.6 Å². The van der Waals surface area contributed by atoms with Crippen molar-refractivity contribution in [2.24, 2.45) is 0 Å². The van der Waals surface area contributed by atoms with Gasteiger partial charge in [0.25, 0.3) is 0 Å². The van der Waals surface area contributed by atoms with Gasteiger partial charge in [0.15, 0.2) is 0 Å². The second kappa shape index (κ2) is 15.1. The Morgan fingerprint density at radius 3 is 1.28 bits per heavy atom. The highest BCUT2D eigenvalue weighted by atomic mass is 16.5. The summed E-state index contributed by atoms with van der Waals surface area (Å²) in [6.45, 7) is 9.58. The van der Waals surface area contributed by atoms with Gasteiger partial charge in [-0.15, -0.1) is 0 Å². The first-order valence-corrected chi connectivity index (χ1v) is 14.1. The molecular weight excluding hydrogens is 480 g/mol. The molecule has 0 aliphatic carbocycles. The lowest BCUT2D eigenvalue weighted by Crippen LogP contribution is -2.19. The Labute approximate surface area is 234 Å². The molecule has 0 heterocycles. The first kappa shape index (κ1) is 28.4. The third-order valence-corrected chi connectivity index (χ3v) is 7.03. The molecule has 2 N–H and O–H groups in total. The number of ether oxygens (including phenoxy) is 2. The van der Waals surface area contributed by atoms with Crippen molar-refractivity contribution >= 4 is 0 Å². The Morgan fingerprint density at radius 1 is 0.513 bits per heavy atom. The highest BCUT2D eigenvalue weighted by Crippen LogP contribution is 2.33. The van der Waals surface area contributed by atoms with Gasteiger partial charge in [-0.1, -0.05) is 98.8 Å². The molecule has 4 aromatic carbocycles. The molecule has 0 unspecified atom stereocenters. The van der Waals surface area contributed by atoms with Crippen LogP contribution < -0.4 is 20.1 Å². The molecule has 0 saturated heterocycles. The van der Waals surface area contributed by atoms with Crippen LogP contribution in [0.4, 0.5) is 0 Å². The maximum Gasteiger partial charge on any atom is 0.119 e. The summed E-state index contributed by atoms with van der Waals surface area (Å²) in [7, 11) is 0. The lowest BCUT2D eigenvalue weighted by Gasteiger charge is -2.26. The molecule has 0 saturated carbocycles. The average molecular weight is 523 g/mol. The second-order valence-corrected chi connectivity index (χ2v) is 10.4. The molecule has 0 spiro atoms. The maximum absolute atomic E-state index is 5.97. The van der Waals surface area contributed by atoms with Gasteiger partial charge >= 0.3 is 0 Å². The van der Waals surface area contributed by atoms with Gasteiger partial charge in [-0.05, 0) is 72.5 Å². The number of hydrogen-bond donors (Lipinski definition) is 2. The third kappa shape index (κ3) is 9.27. The van der Waals surface area contributed by atoms with E-state index in [9.17, 15) is 0 Å². The lowest BCUT2D eigenvalue weighted by atomic mass is 9.78. The molecule has 204 valence electrons. The van der Waals surface area contributed by atoms with Crippen molar-refractivity contribution in [3.8, 4) is 11.5 Å². The zero-order valence-electron chi connectivity index (χ0n) is 23.4. The maximum atomic E-state index is 5.97. The normalized spacial score (nSPS) is 11.3. The minimum absolute atomic E-state index is 0.111. The van der Waals surface area contributed by atoms with Crippen LogP contribution in [-0.2, 0) is 18.5 Å². The topological polar surface area (TPSA) is 42.5 Å². The van der Waals surface area contributed by atoms with Crippen LogP contribution in [0.5, 0.6) is 11.5 Å². The van der Waals surface area contributed by atoms with E-state index in [1.165, 1.54) is 22.3 Å². The average Bonchev–Trinajstić information content (AvgIpc) is 2.98. The van der Waals surface area contributed by atoms with E-state index in [0.717, 1.165) is 50.5 Å². The predicted octanol–water partition coefficient (Wildman–Crippen LogP) is 7.13. The minimum atomic E-state index is -0.111. The molecule has 4 heteroatoms. The van der Waals surface area contributed by atoms with Crippen LogP contribution in [-0.4, -0.2) is 26.3 Å². The monoisotopic (exact) mass is 522 g/mol. The Morgan fingerprint density at radius 2 is 0.897 bits per heavy atom. The molecule has 0 aliphatic heterocycles. The lowest BCUT2D eigenvalue weighted by molar-refractivity contribution is 0.308. The Balaban J connectivity index is 1.15. The van der Waals surface area contributed by atoms with Crippen molar-refractivity contribution in [3.63, 3.8) is 0 Å². The molecule has 0 amide bonds. The summed E-state index contributed by atoms with van der Waals surface area (Å²) in [6.07, 6.45) is 1.94. The first-order chi connectivity index (χ1) is 19.1. The zero-order valence-corrected chi connectivity index (χ0v) is 23.4. The molecule has 4 rings (SSSR count). The van der Waals surface area contributed by atoms with Crippen molar-refractivity contribution < 1.29 is 9.47 Å².